The Balaban J connectivity index is 4.13. The molecule has 0 aromatic rings. The molecule has 0 radical (unpaired) electrons. The van der Waals surface area contributed by atoms with Crippen LogP contribution in [0.2, 0.25) is 0 Å². The van der Waals surface area contributed by atoms with Gasteiger partial charge in [0.1, 0.15) is 12.1 Å². The third kappa shape index (κ3) is 9.30. The number of carbonyl (C=O) groups excluding carboxylic acids is 1. The van der Waals surface area contributed by atoms with Crippen molar-refractivity contribution in [3.05, 3.63) is 0 Å². The second kappa shape index (κ2) is 7.33. The van der Waals surface area contributed by atoms with E-state index in [2.05, 4.69) is 15.6 Å². The normalized spacial score (nSPS) is 13.1. The second-order valence-electron chi connectivity index (χ2n) is 5.83. The fourth-order valence-corrected chi connectivity index (χ4v) is 1.12. The summed E-state index contributed by atoms with van der Waals surface area (Å²) in [6.45, 7) is 10.1. The first kappa shape index (κ1) is 17.7. The third-order valence-corrected chi connectivity index (χ3v) is 2.28. The maximum Gasteiger partial charge on any atom is 0.325 e. The summed E-state index contributed by atoms with van der Waals surface area (Å²) in [6.07, 6.45) is 0. The summed E-state index contributed by atoms with van der Waals surface area (Å²) in [5, 5.41) is 5.98. The van der Waals surface area contributed by atoms with E-state index in [0.717, 1.165) is 0 Å². The van der Waals surface area contributed by atoms with Gasteiger partial charge in [-0.2, -0.15) is 0 Å². The Morgan fingerprint density at radius 3 is 2.16 bits per heavy atom. The van der Waals surface area contributed by atoms with Crippen LogP contribution in [-0.4, -0.2) is 50.4 Å². The maximum atomic E-state index is 11.5. The number of rotatable bonds is 5. The molecule has 19 heavy (non-hydrogen) atoms. The molecule has 0 unspecified atom stereocenters. The van der Waals surface area contributed by atoms with E-state index in [0.29, 0.717) is 12.5 Å². The molecule has 0 aliphatic heterocycles. The molecule has 0 bridgehead atoms. The van der Waals surface area contributed by atoms with Crippen LogP contribution in [0.1, 0.15) is 34.6 Å². The number of methoxy groups -OCH3 is 1. The number of ether oxygens (including phenoxy) is 2. The predicted molar refractivity (Wildman–Crippen MR) is 76.3 cm³/mol. The van der Waals surface area contributed by atoms with E-state index < -0.39 is 5.60 Å². The van der Waals surface area contributed by atoms with Crippen molar-refractivity contribution in [3.8, 4) is 0 Å². The third-order valence-electron chi connectivity index (χ3n) is 2.28. The minimum atomic E-state index is -0.478. The van der Waals surface area contributed by atoms with Crippen LogP contribution in [-0.2, 0) is 14.3 Å². The Morgan fingerprint density at radius 1 is 1.16 bits per heavy atom. The number of aliphatic imine (C=N–C) groups is 1. The van der Waals surface area contributed by atoms with Crippen molar-refractivity contribution in [2.24, 2.45) is 4.99 Å². The van der Waals surface area contributed by atoms with Crippen LogP contribution in [0.5, 0.6) is 0 Å². The van der Waals surface area contributed by atoms with Gasteiger partial charge in [0.25, 0.3) is 0 Å². The van der Waals surface area contributed by atoms with Gasteiger partial charge >= 0.3 is 5.97 Å². The molecule has 0 amide bonds. The number of hydrogen-bond donors (Lipinski definition) is 2. The first-order valence-corrected chi connectivity index (χ1v) is 6.31. The highest BCUT2D eigenvalue weighted by Gasteiger charge is 2.18. The molecule has 6 nitrogen and oxygen atoms in total. The van der Waals surface area contributed by atoms with Gasteiger partial charge in [0.05, 0.1) is 5.60 Å². The molecule has 0 aliphatic carbocycles. The van der Waals surface area contributed by atoms with Gasteiger partial charge in [0.2, 0.25) is 0 Å². The Hall–Kier alpha value is -1.30. The van der Waals surface area contributed by atoms with Gasteiger partial charge in [-0.25, -0.2) is 0 Å². The Bertz CT molecular complexity index is 320. The van der Waals surface area contributed by atoms with Crippen LogP contribution < -0.4 is 10.6 Å². The van der Waals surface area contributed by atoms with Crippen molar-refractivity contribution in [2.75, 3.05) is 27.2 Å². The predicted octanol–water partition coefficient (Wildman–Crippen LogP) is 0.918. The second-order valence-corrected chi connectivity index (χ2v) is 5.83. The largest absolute Gasteiger partial charge is 0.459 e. The highest BCUT2D eigenvalue weighted by atomic mass is 16.6. The van der Waals surface area contributed by atoms with Crippen molar-refractivity contribution in [1.82, 2.24) is 10.6 Å². The van der Waals surface area contributed by atoms with Crippen molar-refractivity contribution in [3.63, 3.8) is 0 Å². The van der Waals surface area contributed by atoms with Crippen LogP contribution in [0.4, 0.5) is 0 Å². The minimum absolute atomic E-state index is 0.0738. The maximum absolute atomic E-state index is 11.5. The van der Waals surface area contributed by atoms with E-state index in [1.807, 2.05) is 34.6 Å². The van der Waals surface area contributed by atoms with Gasteiger partial charge < -0.3 is 20.1 Å². The molecular formula is C13H27N3O3. The highest BCUT2D eigenvalue weighted by Crippen LogP contribution is 2.06. The molecule has 0 spiro atoms. The van der Waals surface area contributed by atoms with Crippen LogP contribution in [0, 0.1) is 0 Å². The number of esters is 1. The lowest BCUT2D eigenvalue weighted by Crippen LogP contribution is -2.47. The molecule has 0 aliphatic rings. The molecule has 0 aromatic heterocycles. The van der Waals surface area contributed by atoms with Crippen molar-refractivity contribution in [2.45, 2.75) is 45.8 Å². The fraction of sp³-hybridized carbons (Fsp3) is 0.846. The number of carbonyl (C=O) groups is 1. The average Bonchev–Trinajstić information content (AvgIpc) is 2.27. The molecule has 0 fully saturated rings. The average molecular weight is 273 g/mol. The standard InChI is InChI=1S/C13H27N3O3/c1-12(2,3)19-10(17)8-15-11(14-6)16-9-13(4,5)18-7/h8-9H2,1-7H3,(H2,14,15,16). The summed E-state index contributed by atoms with van der Waals surface area (Å²) >= 11 is 0. The van der Waals surface area contributed by atoms with Crippen molar-refractivity contribution >= 4 is 11.9 Å². The molecule has 0 aromatic carbocycles. The molecule has 0 rings (SSSR count). The number of nitrogens with zero attached hydrogens (tertiary/aromatic N) is 1. The summed E-state index contributed by atoms with van der Waals surface area (Å²) in [7, 11) is 3.29. The summed E-state index contributed by atoms with van der Waals surface area (Å²) in [5.74, 6) is 0.220. The lowest BCUT2D eigenvalue weighted by molar-refractivity contribution is -0.153. The molecular weight excluding hydrogens is 246 g/mol. The van der Waals surface area contributed by atoms with Gasteiger partial charge in [0, 0.05) is 20.7 Å². The van der Waals surface area contributed by atoms with E-state index in [9.17, 15) is 4.79 Å². The summed E-state index contributed by atoms with van der Waals surface area (Å²) < 4.78 is 10.5. The van der Waals surface area contributed by atoms with Crippen LogP contribution in [0.3, 0.4) is 0 Å². The molecule has 6 heteroatoms. The first-order valence-electron chi connectivity index (χ1n) is 6.31. The van der Waals surface area contributed by atoms with Crippen LogP contribution in [0.15, 0.2) is 4.99 Å². The van der Waals surface area contributed by atoms with Gasteiger partial charge in [-0.15, -0.1) is 0 Å². The van der Waals surface area contributed by atoms with E-state index in [-0.39, 0.29) is 18.1 Å². The zero-order valence-corrected chi connectivity index (χ0v) is 13.1. The Labute approximate surface area is 116 Å². The molecule has 0 heterocycles. The molecule has 0 atom stereocenters. The summed E-state index contributed by atoms with van der Waals surface area (Å²) in [6, 6.07) is 0. The van der Waals surface area contributed by atoms with E-state index >= 15 is 0 Å². The van der Waals surface area contributed by atoms with E-state index in [1.54, 1.807) is 14.2 Å². The zero-order valence-electron chi connectivity index (χ0n) is 13.1. The van der Waals surface area contributed by atoms with Crippen molar-refractivity contribution < 1.29 is 14.3 Å². The van der Waals surface area contributed by atoms with Crippen LogP contribution >= 0.6 is 0 Å². The number of hydrogen-bond acceptors (Lipinski definition) is 4. The van der Waals surface area contributed by atoms with Crippen LogP contribution in [0.25, 0.3) is 0 Å². The minimum Gasteiger partial charge on any atom is -0.459 e. The summed E-state index contributed by atoms with van der Waals surface area (Å²) in [5.41, 5.74) is -0.780. The van der Waals surface area contributed by atoms with Gasteiger partial charge in [-0.3, -0.25) is 9.79 Å². The first-order chi connectivity index (χ1) is 8.59. The van der Waals surface area contributed by atoms with Gasteiger partial charge in [-0.1, -0.05) is 0 Å². The topological polar surface area (TPSA) is 72.0 Å². The van der Waals surface area contributed by atoms with E-state index in [1.165, 1.54) is 0 Å². The zero-order chi connectivity index (χ0) is 15.1. The Kier molecular flexibility index (Phi) is 6.83. The van der Waals surface area contributed by atoms with Crippen molar-refractivity contribution in [1.29, 1.82) is 0 Å². The highest BCUT2D eigenvalue weighted by molar-refractivity contribution is 5.84. The van der Waals surface area contributed by atoms with Gasteiger partial charge in [0.15, 0.2) is 5.96 Å². The number of nitrogens with one attached hydrogen (secondary N) is 2. The van der Waals surface area contributed by atoms with Gasteiger partial charge in [-0.05, 0) is 34.6 Å². The molecule has 2 N–H and O–H groups in total. The lowest BCUT2D eigenvalue weighted by atomic mass is 10.1. The smallest absolute Gasteiger partial charge is 0.325 e. The molecule has 0 saturated carbocycles. The SMILES string of the molecule is CN=C(NCC(=O)OC(C)(C)C)NCC(C)(C)OC. The molecule has 112 valence electrons. The monoisotopic (exact) mass is 273 g/mol. The summed E-state index contributed by atoms with van der Waals surface area (Å²) in [4.78, 5) is 15.6. The molecule has 0 saturated heterocycles. The quantitative estimate of drug-likeness (QED) is 0.443. The number of guanidine groups is 1. The fourth-order valence-electron chi connectivity index (χ4n) is 1.12. The van der Waals surface area contributed by atoms with E-state index in [4.69, 9.17) is 9.47 Å². The lowest BCUT2D eigenvalue weighted by Gasteiger charge is -2.24. The Morgan fingerprint density at radius 2 is 1.74 bits per heavy atom.